The summed E-state index contributed by atoms with van der Waals surface area (Å²) in [4.78, 5) is 21.2. The molecule has 0 aliphatic heterocycles. The van der Waals surface area contributed by atoms with E-state index in [0.717, 1.165) is 0 Å². The van der Waals surface area contributed by atoms with E-state index in [2.05, 4.69) is 31.0 Å². The minimum Gasteiger partial charge on any atom is -0.480 e. The topological polar surface area (TPSA) is 126 Å². The number of fused-ring (bicyclic) bond motifs is 1. The van der Waals surface area contributed by atoms with E-state index in [0.29, 0.717) is 41.0 Å². The molecule has 3 heterocycles. The van der Waals surface area contributed by atoms with E-state index in [-0.39, 0.29) is 18.4 Å². The summed E-state index contributed by atoms with van der Waals surface area (Å²) in [7, 11) is 3.30. The van der Waals surface area contributed by atoms with Crippen molar-refractivity contribution < 1.29 is 14.6 Å². The number of hydrogen-bond acceptors (Lipinski definition) is 8. The van der Waals surface area contributed by atoms with Crippen LogP contribution in [0.4, 0.5) is 17.3 Å². The van der Waals surface area contributed by atoms with Crippen LogP contribution in [-0.4, -0.2) is 57.9 Å². The SMILES string of the molecule is CNc1cc(Nc2cccnc2OC)nc2c(C(=O)NCC(C)CO)cnn12. The quantitative estimate of drug-likeness (QED) is 0.457. The molecular formula is C18H23N7O3. The molecule has 0 fully saturated rings. The molecule has 10 heteroatoms. The molecule has 0 aliphatic carbocycles. The van der Waals surface area contributed by atoms with Crippen LogP contribution in [0.3, 0.4) is 0 Å². The third kappa shape index (κ3) is 3.96. The number of nitrogens with zero attached hydrogens (tertiary/aromatic N) is 4. The number of rotatable bonds is 8. The first kappa shape index (κ1) is 19.4. The maximum absolute atomic E-state index is 12.6. The van der Waals surface area contributed by atoms with E-state index in [9.17, 15) is 4.79 Å². The lowest BCUT2D eigenvalue weighted by molar-refractivity contribution is 0.0943. The minimum atomic E-state index is -0.305. The lowest BCUT2D eigenvalue weighted by Gasteiger charge is -2.12. The van der Waals surface area contributed by atoms with Gasteiger partial charge in [-0.2, -0.15) is 9.61 Å². The number of aliphatic hydroxyl groups excluding tert-OH is 1. The van der Waals surface area contributed by atoms with Crippen molar-refractivity contribution >= 4 is 28.9 Å². The Hall–Kier alpha value is -3.40. The molecule has 1 atom stereocenters. The molecule has 1 amide bonds. The fourth-order valence-electron chi connectivity index (χ4n) is 2.58. The highest BCUT2D eigenvalue weighted by Gasteiger charge is 2.18. The summed E-state index contributed by atoms with van der Waals surface area (Å²) in [6, 6.07) is 5.36. The average molecular weight is 385 g/mol. The summed E-state index contributed by atoms with van der Waals surface area (Å²) in [6.45, 7) is 2.20. The number of hydrogen-bond donors (Lipinski definition) is 4. The predicted octanol–water partition coefficient (Wildman–Crippen LogP) is 1.28. The number of methoxy groups -OCH3 is 1. The fraction of sp³-hybridized carbons (Fsp3) is 0.333. The Morgan fingerprint density at radius 3 is 2.96 bits per heavy atom. The van der Waals surface area contributed by atoms with Crippen LogP contribution in [0, 0.1) is 5.92 Å². The third-order valence-electron chi connectivity index (χ3n) is 4.12. The number of carbonyl (C=O) groups excluding carboxylic acids is 1. The molecule has 0 saturated heterocycles. The van der Waals surface area contributed by atoms with Gasteiger partial charge in [0.1, 0.15) is 22.9 Å². The highest BCUT2D eigenvalue weighted by atomic mass is 16.5. The Morgan fingerprint density at radius 2 is 2.25 bits per heavy atom. The summed E-state index contributed by atoms with van der Waals surface area (Å²) in [6.07, 6.45) is 3.10. The minimum absolute atomic E-state index is 0.00178. The zero-order valence-electron chi connectivity index (χ0n) is 15.9. The number of aromatic nitrogens is 4. The van der Waals surface area contributed by atoms with E-state index in [1.54, 1.807) is 29.9 Å². The van der Waals surface area contributed by atoms with E-state index < -0.39 is 0 Å². The van der Waals surface area contributed by atoms with Crippen molar-refractivity contribution in [3.63, 3.8) is 0 Å². The number of carbonyl (C=O) groups is 1. The molecule has 0 spiro atoms. The van der Waals surface area contributed by atoms with Crippen LogP contribution in [0.1, 0.15) is 17.3 Å². The van der Waals surface area contributed by atoms with Crippen LogP contribution < -0.4 is 20.7 Å². The Morgan fingerprint density at radius 1 is 1.43 bits per heavy atom. The largest absolute Gasteiger partial charge is 0.480 e. The zero-order chi connectivity index (χ0) is 20.1. The van der Waals surface area contributed by atoms with Gasteiger partial charge in [-0.15, -0.1) is 0 Å². The van der Waals surface area contributed by atoms with Crippen molar-refractivity contribution in [1.82, 2.24) is 24.9 Å². The molecule has 0 radical (unpaired) electrons. The first-order valence-electron chi connectivity index (χ1n) is 8.79. The molecule has 3 aromatic rings. The molecule has 1 unspecified atom stereocenters. The number of ether oxygens (including phenoxy) is 1. The van der Waals surface area contributed by atoms with Crippen LogP contribution in [0.25, 0.3) is 5.65 Å². The van der Waals surface area contributed by atoms with Gasteiger partial charge in [-0.3, -0.25) is 4.79 Å². The maximum atomic E-state index is 12.6. The van der Waals surface area contributed by atoms with Crippen LogP contribution in [0.5, 0.6) is 5.88 Å². The Bertz CT molecular complexity index is 973. The van der Waals surface area contributed by atoms with E-state index in [1.807, 2.05) is 13.0 Å². The van der Waals surface area contributed by atoms with E-state index >= 15 is 0 Å². The van der Waals surface area contributed by atoms with Crippen molar-refractivity contribution in [3.8, 4) is 5.88 Å². The summed E-state index contributed by atoms with van der Waals surface area (Å²) >= 11 is 0. The molecule has 28 heavy (non-hydrogen) atoms. The van der Waals surface area contributed by atoms with Crippen LogP contribution in [0.2, 0.25) is 0 Å². The predicted molar refractivity (Wildman–Crippen MR) is 105 cm³/mol. The first-order chi connectivity index (χ1) is 13.6. The molecular weight excluding hydrogens is 362 g/mol. The van der Waals surface area contributed by atoms with Crippen LogP contribution in [-0.2, 0) is 0 Å². The fourth-order valence-corrected chi connectivity index (χ4v) is 2.58. The molecule has 0 bridgehead atoms. The Kier molecular flexibility index (Phi) is 5.90. The Balaban J connectivity index is 1.96. The normalized spacial score (nSPS) is 11.9. The standard InChI is InChI=1S/C18H23N7O3/c1-11(10-26)8-21-17(27)12-9-22-25-15(19-2)7-14(24-16(12)25)23-13-5-4-6-20-18(13)28-3/h4-7,9,11,19,26H,8,10H2,1-3H3,(H,21,27)(H,23,24). The molecule has 3 rings (SSSR count). The van der Waals surface area contributed by atoms with Crippen molar-refractivity contribution in [3.05, 3.63) is 36.2 Å². The number of nitrogens with one attached hydrogen (secondary N) is 3. The molecule has 0 aliphatic rings. The van der Waals surface area contributed by atoms with Crippen LogP contribution in [0.15, 0.2) is 30.6 Å². The van der Waals surface area contributed by atoms with Gasteiger partial charge < -0.3 is 25.8 Å². The van der Waals surface area contributed by atoms with Crippen LogP contribution >= 0.6 is 0 Å². The van der Waals surface area contributed by atoms with Gasteiger partial charge in [-0.25, -0.2) is 9.97 Å². The summed E-state index contributed by atoms with van der Waals surface area (Å²) in [5.41, 5.74) is 1.38. The van der Waals surface area contributed by atoms with Crippen molar-refractivity contribution in [2.45, 2.75) is 6.92 Å². The second-order valence-corrected chi connectivity index (χ2v) is 6.25. The smallest absolute Gasteiger partial charge is 0.256 e. The first-order valence-corrected chi connectivity index (χ1v) is 8.79. The molecule has 0 aromatic carbocycles. The molecule has 4 N–H and O–H groups in total. The van der Waals surface area contributed by atoms with Gasteiger partial charge in [0.2, 0.25) is 5.88 Å². The molecule has 0 saturated carbocycles. The van der Waals surface area contributed by atoms with Crippen molar-refractivity contribution in [1.29, 1.82) is 0 Å². The van der Waals surface area contributed by atoms with E-state index in [4.69, 9.17) is 9.84 Å². The van der Waals surface area contributed by atoms with Gasteiger partial charge in [0.05, 0.1) is 13.3 Å². The highest BCUT2D eigenvalue weighted by Crippen LogP contribution is 2.26. The highest BCUT2D eigenvalue weighted by molar-refractivity contribution is 6.00. The molecule has 3 aromatic heterocycles. The summed E-state index contributed by atoms with van der Waals surface area (Å²) in [5.74, 6) is 1.24. The lowest BCUT2D eigenvalue weighted by atomic mass is 10.2. The van der Waals surface area contributed by atoms with Gasteiger partial charge in [-0.1, -0.05) is 6.92 Å². The number of anilines is 3. The molecule has 10 nitrogen and oxygen atoms in total. The monoisotopic (exact) mass is 385 g/mol. The summed E-state index contributed by atoms with van der Waals surface area (Å²) in [5, 5.41) is 22.4. The number of aliphatic hydroxyl groups is 1. The maximum Gasteiger partial charge on any atom is 0.256 e. The molecule has 148 valence electrons. The van der Waals surface area contributed by atoms with E-state index in [1.165, 1.54) is 13.3 Å². The zero-order valence-corrected chi connectivity index (χ0v) is 15.9. The van der Waals surface area contributed by atoms with Gasteiger partial charge in [0.25, 0.3) is 5.91 Å². The van der Waals surface area contributed by atoms with Crippen molar-refractivity contribution in [2.24, 2.45) is 5.92 Å². The average Bonchev–Trinajstić information content (AvgIpc) is 3.15. The van der Waals surface area contributed by atoms with Gasteiger partial charge in [0.15, 0.2) is 5.65 Å². The number of amides is 1. The lowest BCUT2D eigenvalue weighted by Crippen LogP contribution is -2.29. The van der Waals surface area contributed by atoms with Gasteiger partial charge in [-0.05, 0) is 18.1 Å². The third-order valence-corrected chi connectivity index (χ3v) is 4.12. The summed E-state index contributed by atoms with van der Waals surface area (Å²) < 4.78 is 6.81. The number of pyridine rings is 1. The van der Waals surface area contributed by atoms with Crippen molar-refractivity contribution in [2.75, 3.05) is 37.9 Å². The van der Waals surface area contributed by atoms with Gasteiger partial charge in [0, 0.05) is 32.5 Å². The Labute approximate surface area is 162 Å². The second kappa shape index (κ2) is 8.53. The second-order valence-electron chi connectivity index (χ2n) is 6.25. The van der Waals surface area contributed by atoms with Gasteiger partial charge >= 0.3 is 0 Å².